The highest BCUT2D eigenvalue weighted by Crippen LogP contribution is 2.43. The summed E-state index contributed by atoms with van der Waals surface area (Å²) in [6.07, 6.45) is 75.2. The lowest BCUT2D eigenvalue weighted by Crippen LogP contribution is -2.30. The summed E-state index contributed by atoms with van der Waals surface area (Å²) in [6, 6.07) is 0. The topological polar surface area (TPSA) is 155 Å². The zero-order valence-electron chi connectivity index (χ0n) is 48.6. The van der Waals surface area contributed by atoms with Gasteiger partial charge in [-0.2, -0.15) is 0 Å². The predicted octanol–water partition coefficient (Wildman–Crippen LogP) is 17.9. The molecule has 0 aliphatic carbocycles. The number of esters is 3. The third-order valence-electron chi connectivity index (χ3n) is 11.7. The number of phosphoric acid groups is 1. The summed E-state index contributed by atoms with van der Waals surface area (Å²) in [7, 11) is -4.78. The zero-order valence-corrected chi connectivity index (χ0v) is 49.5. The van der Waals surface area contributed by atoms with E-state index in [1.807, 2.05) is 0 Å². The Hall–Kier alpha value is -4.64. The van der Waals surface area contributed by atoms with Gasteiger partial charge in [-0.15, -0.1) is 0 Å². The van der Waals surface area contributed by atoms with Gasteiger partial charge < -0.3 is 24.2 Å². The largest absolute Gasteiger partial charge is 0.472 e. The molecule has 3 unspecified atom stereocenters. The third kappa shape index (κ3) is 56.1. The van der Waals surface area contributed by atoms with Crippen LogP contribution in [0.25, 0.3) is 0 Å². The molecule has 0 aromatic heterocycles. The number of aliphatic hydroxyl groups is 1. The number of phosphoric ester groups is 1. The van der Waals surface area contributed by atoms with Crippen molar-refractivity contribution >= 4 is 25.7 Å². The van der Waals surface area contributed by atoms with Crippen molar-refractivity contribution in [3.8, 4) is 0 Å². The number of unbranched alkanes of at least 4 members (excludes halogenated alkanes) is 12. The van der Waals surface area contributed by atoms with Crippen molar-refractivity contribution in [2.45, 2.75) is 226 Å². The average Bonchev–Trinajstić information content (AvgIpc) is 3.43. The minimum Gasteiger partial charge on any atom is -0.462 e. The normalized spacial score (nSPS) is 14.4. The molecule has 0 amide bonds. The van der Waals surface area contributed by atoms with Crippen molar-refractivity contribution in [3.63, 3.8) is 0 Å². The van der Waals surface area contributed by atoms with Crippen LogP contribution in [0.5, 0.6) is 0 Å². The number of carbonyl (C=O) groups is 3. The molecule has 0 saturated heterocycles. The molecule has 0 fully saturated rings. The fourth-order valence-electron chi connectivity index (χ4n) is 7.33. The highest BCUT2D eigenvalue weighted by molar-refractivity contribution is 7.47. The van der Waals surface area contributed by atoms with Crippen molar-refractivity contribution in [1.82, 2.24) is 0 Å². The quantitative estimate of drug-likeness (QED) is 0.0197. The first-order valence-electron chi connectivity index (χ1n) is 29.7. The number of ether oxygens (including phenoxy) is 3. The van der Waals surface area contributed by atoms with Crippen LogP contribution in [0.3, 0.4) is 0 Å². The van der Waals surface area contributed by atoms with Gasteiger partial charge in [-0.3, -0.25) is 23.4 Å². The lowest BCUT2D eigenvalue weighted by atomic mass is 10.1. The average molecular weight is 1110 g/mol. The summed E-state index contributed by atoms with van der Waals surface area (Å²) < 4.78 is 39.5. The molecule has 0 aliphatic rings. The fraction of sp³-hybridized carbons (Fsp3) is 0.591. The van der Waals surface area contributed by atoms with Crippen LogP contribution in [0.2, 0.25) is 0 Å². The van der Waals surface area contributed by atoms with Crippen LogP contribution in [-0.2, 0) is 42.2 Å². The molecule has 12 heteroatoms. The Morgan fingerprint density at radius 2 is 0.628 bits per heavy atom. The van der Waals surface area contributed by atoms with Crippen molar-refractivity contribution in [2.24, 2.45) is 0 Å². The number of allylic oxidation sites excluding steroid dienone is 24. The fourth-order valence-corrected chi connectivity index (χ4v) is 8.11. The molecule has 0 aromatic carbocycles. The molecule has 440 valence electrons. The molecule has 78 heavy (non-hydrogen) atoms. The monoisotopic (exact) mass is 1100 g/mol. The maximum Gasteiger partial charge on any atom is 0.472 e. The maximum absolute atomic E-state index is 12.9. The van der Waals surface area contributed by atoms with Gasteiger partial charge in [-0.05, 0) is 135 Å². The van der Waals surface area contributed by atoms with E-state index in [-0.39, 0.29) is 25.9 Å². The lowest BCUT2D eigenvalue weighted by molar-refractivity contribution is -0.161. The SMILES string of the molecule is CC/C=C\C/C=C\C/C=C\C/C=C\C/C=C\CCCCCC(=O)OCC(COP(=O)(O)OCC(CO)OC(=O)CCCCC/C=C\C/C=C\C/C=C\CC)OC(=O)CCCCCCCC/C=C\C/C=C\C/C=C\C/C=C\CC. The van der Waals surface area contributed by atoms with Crippen LogP contribution < -0.4 is 0 Å². The minimum absolute atomic E-state index is 0.131. The van der Waals surface area contributed by atoms with E-state index < -0.39 is 57.8 Å². The van der Waals surface area contributed by atoms with Crippen molar-refractivity contribution in [3.05, 3.63) is 146 Å². The second-order valence-electron chi connectivity index (χ2n) is 19.0. The van der Waals surface area contributed by atoms with Gasteiger partial charge in [0.25, 0.3) is 0 Å². The Morgan fingerprint density at radius 3 is 0.974 bits per heavy atom. The highest BCUT2D eigenvalue weighted by Gasteiger charge is 2.28. The highest BCUT2D eigenvalue weighted by atomic mass is 31.2. The van der Waals surface area contributed by atoms with E-state index in [0.717, 1.165) is 154 Å². The number of aliphatic hydroxyl groups excluding tert-OH is 1. The number of carbonyl (C=O) groups excluding carboxylic acids is 3. The minimum atomic E-state index is -4.78. The van der Waals surface area contributed by atoms with Crippen LogP contribution in [0, 0.1) is 0 Å². The van der Waals surface area contributed by atoms with Crippen molar-refractivity contribution in [2.75, 3.05) is 26.4 Å². The molecule has 0 spiro atoms. The molecular weight excluding hydrogens is 1000 g/mol. The Morgan fingerprint density at radius 1 is 0.359 bits per heavy atom. The van der Waals surface area contributed by atoms with Gasteiger partial charge >= 0.3 is 25.7 Å². The molecule has 0 rings (SSSR count). The van der Waals surface area contributed by atoms with E-state index in [2.05, 4.69) is 167 Å². The molecule has 11 nitrogen and oxygen atoms in total. The van der Waals surface area contributed by atoms with Gasteiger partial charge in [-0.25, -0.2) is 4.57 Å². The number of rotatable bonds is 53. The maximum atomic E-state index is 12.9. The van der Waals surface area contributed by atoms with Crippen LogP contribution in [0.15, 0.2) is 146 Å². The van der Waals surface area contributed by atoms with E-state index in [0.29, 0.717) is 19.3 Å². The smallest absolute Gasteiger partial charge is 0.462 e. The first kappa shape index (κ1) is 73.4. The van der Waals surface area contributed by atoms with Crippen molar-refractivity contribution in [1.29, 1.82) is 0 Å². The predicted molar refractivity (Wildman–Crippen MR) is 325 cm³/mol. The van der Waals surface area contributed by atoms with Crippen LogP contribution in [0.4, 0.5) is 0 Å². The summed E-state index contributed by atoms with van der Waals surface area (Å²) in [6.45, 7) is 4.19. The van der Waals surface area contributed by atoms with E-state index in [1.165, 1.54) is 0 Å². The summed E-state index contributed by atoms with van der Waals surface area (Å²) in [5.74, 6) is -1.57. The molecule has 2 N–H and O–H groups in total. The van der Waals surface area contributed by atoms with Gasteiger partial charge in [0.05, 0.1) is 19.8 Å². The van der Waals surface area contributed by atoms with E-state index in [4.69, 9.17) is 23.3 Å². The molecule has 3 atom stereocenters. The van der Waals surface area contributed by atoms with Crippen LogP contribution in [-0.4, -0.2) is 66.5 Å². The second kappa shape index (κ2) is 58.5. The second-order valence-corrected chi connectivity index (χ2v) is 20.5. The molecule has 0 saturated carbocycles. The standard InChI is InChI=1S/C66H105O11P/c1-4-7-10-13-16-19-22-25-27-29-31-33-35-38-40-43-46-49-52-55-64(68)73-59-63(77-66(70)57-54-51-48-45-42-39-36-34-32-30-28-26-23-20-17-14-11-8-5-2)61-75-78(71,72)74-60-62(58-67)76-65(69)56-53-50-47-44-41-37-24-21-18-15-12-9-6-3/h7-12,16-21,25-28,31-34,37-38,40-41,62-63,67H,4-6,13-15,22-24,29-30,35-36,39,42-61H2,1-3H3,(H,71,72)/b10-7-,11-8-,12-9-,19-16-,20-17-,21-18-,27-25-,28-26-,33-31-,34-32-,40-38-,41-37-. The van der Waals surface area contributed by atoms with E-state index >= 15 is 0 Å². The first-order valence-corrected chi connectivity index (χ1v) is 31.2. The molecular formula is C66H105O11P. The first-order chi connectivity index (χ1) is 38.2. The summed E-state index contributed by atoms with van der Waals surface area (Å²) in [4.78, 5) is 48.6. The van der Waals surface area contributed by atoms with Gasteiger partial charge in [0, 0.05) is 19.3 Å². The van der Waals surface area contributed by atoms with Crippen molar-refractivity contribution < 1.29 is 52.2 Å². The van der Waals surface area contributed by atoms with Crippen LogP contribution in [0.1, 0.15) is 213 Å². The third-order valence-corrected chi connectivity index (χ3v) is 12.7. The van der Waals surface area contributed by atoms with Gasteiger partial charge in [0.15, 0.2) is 6.10 Å². The van der Waals surface area contributed by atoms with E-state index in [9.17, 15) is 28.9 Å². The van der Waals surface area contributed by atoms with Crippen LogP contribution >= 0.6 is 7.82 Å². The summed E-state index contributed by atoms with van der Waals surface area (Å²) in [5, 5.41) is 9.81. The molecule has 0 radical (unpaired) electrons. The zero-order chi connectivity index (χ0) is 56.9. The molecule has 0 heterocycles. The Balaban J connectivity index is 4.86. The summed E-state index contributed by atoms with van der Waals surface area (Å²) in [5.41, 5.74) is 0. The molecule has 0 bridgehead atoms. The Kier molecular flexibility index (Phi) is 55.0. The molecule has 0 aromatic rings. The van der Waals surface area contributed by atoms with Gasteiger partial charge in [0.2, 0.25) is 0 Å². The Labute approximate surface area is 473 Å². The van der Waals surface area contributed by atoms with E-state index in [1.54, 1.807) is 0 Å². The lowest BCUT2D eigenvalue weighted by Gasteiger charge is -2.21. The number of hydrogen-bond acceptors (Lipinski definition) is 10. The molecule has 0 aliphatic heterocycles. The van der Waals surface area contributed by atoms with Gasteiger partial charge in [0.1, 0.15) is 12.7 Å². The van der Waals surface area contributed by atoms with Gasteiger partial charge in [-0.1, -0.05) is 205 Å². The Bertz CT molecular complexity index is 1860. The summed E-state index contributed by atoms with van der Waals surface area (Å²) >= 11 is 0. The number of hydrogen-bond donors (Lipinski definition) is 2.